The monoisotopic (exact) mass is 360 g/mol. The van der Waals surface area contributed by atoms with Crippen LogP contribution in [0.4, 0.5) is 5.69 Å². The van der Waals surface area contributed by atoms with Gasteiger partial charge in [0.25, 0.3) is 5.91 Å². The number of sulfonamides is 1. The molecule has 5 nitrogen and oxygen atoms in total. The van der Waals surface area contributed by atoms with Crippen LogP contribution >= 0.6 is 0 Å². The van der Waals surface area contributed by atoms with Crippen molar-refractivity contribution in [3.05, 3.63) is 64.7 Å². The lowest BCUT2D eigenvalue weighted by molar-refractivity contribution is 0.0954. The Bertz CT molecular complexity index is 856. The molecule has 2 aromatic carbocycles. The standard InChI is InChI=1S/C19H24N2O3S/c1-14-11-15(2)13-17(12-14)21(25(4,23)24)10-9-20-19(22)18-8-6-5-7-16(18)3/h5-8,11-13H,9-10H2,1-4H3,(H,20,22). The van der Waals surface area contributed by atoms with Gasteiger partial charge in [0.15, 0.2) is 0 Å². The lowest BCUT2D eigenvalue weighted by Crippen LogP contribution is -2.38. The van der Waals surface area contributed by atoms with Crippen LogP contribution in [0, 0.1) is 20.8 Å². The van der Waals surface area contributed by atoms with E-state index < -0.39 is 10.0 Å². The second-order valence-electron chi connectivity index (χ2n) is 6.25. The first-order valence-corrected chi connectivity index (χ1v) is 9.93. The minimum absolute atomic E-state index is 0.180. The molecule has 0 aliphatic heterocycles. The van der Waals surface area contributed by atoms with E-state index in [1.807, 2.05) is 51.1 Å². The quantitative estimate of drug-likeness (QED) is 0.861. The summed E-state index contributed by atoms with van der Waals surface area (Å²) in [5, 5.41) is 2.80. The molecule has 0 bridgehead atoms. The van der Waals surface area contributed by atoms with E-state index in [-0.39, 0.29) is 19.0 Å². The molecule has 0 heterocycles. The van der Waals surface area contributed by atoms with Crippen molar-refractivity contribution in [1.82, 2.24) is 5.32 Å². The highest BCUT2D eigenvalue weighted by Gasteiger charge is 2.18. The highest BCUT2D eigenvalue weighted by Crippen LogP contribution is 2.20. The summed E-state index contributed by atoms with van der Waals surface area (Å²) >= 11 is 0. The van der Waals surface area contributed by atoms with Gasteiger partial charge in [-0.25, -0.2) is 8.42 Å². The third-order valence-corrected chi connectivity index (χ3v) is 5.08. The molecule has 6 heteroatoms. The number of aryl methyl sites for hydroxylation is 3. The van der Waals surface area contributed by atoms with Crippen LogP contribution in [-0.4, -0.2) is 33.7 Å². The van der Waals surface area contributed by atoms with Crippen molar-refractivity contribution < 1.29 is 13.2 Å². The lowest BCUT2D eigenvalue weighted by atomic mass is 10.1. The summed E-state index contributed by atoms with van der Waals surface area (Å²) in [6.45, 7) is 6.13. The number of anilines is 1. The Hall–Kier alpha value is -2.34. The molecule has 1 amide bonds. The fourth-order valence-corrected chi connectivity index (χ4v) is 3.69. The van der Waals surface area contributed by atoms with Crippen molar-refractivity contribution in [2.24, 2.45) is 0 Å². The Morgan fingerprint density at radius 3 is 2.20 bits per heavy atom. The van der Waals surface area contributed by atoms with Crippen LogP contribution in [0.15, 0.2) is 42.5 Å². The maximum Gasteiger partial charge on any atom is 0.251 e. The van der Waals surface area contributed by atoms with E-state index in [0.29, 0.717) is 11.3 Å². The van der Waals surface area contributed by atoms with E-state index in [4.69, 9.17) is 0 Å². The summed E-state index contributed by atoms with van der Waals surface area (Å²) < 4.78 is 25.7. The van der Waals surface area contributed by atoms with Gasteiger partial charge in [-0.2, -0.15) is 0 Å². The van der Waals surface area contributed by atoms with Crippen LogP contribution in [0.2, 0.25) is 0 Å². The molecule has 0 aliphatic rings. The second-order valence-corrected chi connectivity index (χ2v) is 8.16. The molecular formula is C19H24N2O3S. The van der Waals surface area contributed by atoms with Gasteiger partial charge in [-0.3, -0.25) is 9.10 Å². The molecule has 2 rings (SSSR count). The zero-order chi connectivity index (χ0) is 18.6. The Morgan fingerprint density at radius 2 is 1.64 bits per heavy atom. The summed E-state index contributed by atoms with van der Waals surface area (Å²) in [5.74, 6) is -0.202. The van der Waals surface area contributed by atoms with E-state index in [2.05, 4.69) is 5.32 Å². The van der Waals surface area contributed by atoms with Gasteiger partial charge in [-0.05, 0) is 55.7 Å². The molecule has 0 fully saturated rings. The normalized spacial score (nSPS) is 11.2. The Labute approximate surface area is 149 Å². The van der Waals surface area contributed by atoms with Crippen LogP contribution in [0.1, 0.15) is 27.0 Å². The number of carbonyl (C=O) groups excluding carboxylic acids is 1. The minimum Gasteiger partial charge on any atom is -0.350 e. The molecule has 2 aromatic rings. The van der Waals surface area contributed by atoms with Gasteiger partial charge in [0.1, 0.15) is 0 Å². The van der Waals surface area contributed by atoms with Gasteiger partial charge in [0.2, 0.25) is 10.0 Å². The van der Waals surface area contributed by atoms with Crippen molar-refractivity contribution >= 4 is 21.6 Å². The first-order chi connectivity index (χ1) is 11.7. The Morgan fingerprint density at radius 1 is 1.04 bits per heavy atom. The highest BCUT2D eigenvalue weighted by molar-refractivity contribution is 7.92. The lowest BCUT2D eigenvalue weighted by Gasteiger charge is -2.23. The SMILES string of the molecule is Cc1cc(C)cc(N(CCNC(=O)c2ccccc2C)S(C)(=O)=O)c1. The number of rotatable bonds is 6. The predicted octanol–water partition coefficient (Wildman–Crippen LogP) is 2.81. The van der Waals surface area contributed by atoms with Crippen LogP contribution in [0.5, 0.6) is 0 Å². The first-order valence-electron chi connectivity index (χ1n) is 8.08. The number of hydrogen-bond donors (Lipinski definition) is 1. The largest absolute Gasteiger partial charge is 0.350 e. The Balaban J connectivity index is 2.12. The van der Waals surface area contributed by atoms with Crippen LogP contribution < -0.4 is 9.62 Å². The first kappa shape index (κ1) is 19.0. The molecule has 25 heavy (non-hydrogen) atoms. The molecule has 1 N–H and O–H groups in total. The smallest absolute Gasteiger partial charge is 0.251 e. The molecule has 0 aromatic heterocycles. The number of hydrogen-bond acceptors (Lipinski definition) is 3. The van der Waals surface area contributed by atoms with E-state index in [1.165, 1.54) is 10.6 Å². The fraction of sp³-hybridized carbons (Fsp3) is 0.316. The molecule has 0 aliphatic carbocycles. The summed E-state index contributed by atoms with van der Waals surface area (Å²) in [6.07, 6.45) is 1.17. The number of benzene rings is 2. The van der Waals surface area contributed by atoms with Crippen LogP contribution in [0.3, 0.4) is 0 Å². The van der Waals surface area contributed by atoms with Gasteiger partial charge in [-0.1, -0.05) is 24.3 Å². The highest BCUT2D eigenvalue weighted by atomic mass is 32.2. The Kier molecular flexibility index (Phi) is 5.85. The fourth-order valence-electron chi connectivity index (χ4n) is 2.77. The van der Waals surface area contributed by atoms with Gasteiger partial charge in [0, 0.05) is 12.1 Å². The van der Waals surface area contributed by atoms with E-state index in [9.17, 15) is 13.2 Å². The average Bonchev–Trinajstić information content (AvgIpc) is 2.49. The zero-order valence-corrected chi connectivity index (χ0v) is 15.9. The van der Waals surface area contributed by atoms with Gasteiger partial charge < -0.3 is 5.32 Å². The van der Waals surface area contributed by atoms with E-state index in [1.54, 1.807) is 12.1 Å². The van der Waals surface area contributed by atoms with Crippen molar-refractivity contribution in [1.29, 1.82) is 0 Å². The van der Waals surface area contributed by atoms with E-state index >= 15 is 0 Å². The molecule has 0 unspecified atom stereocenters. The van der Waals surface area contributed by atoms with Crippen LogP contribution in [0.25, 0.3) is 0 Å². The molecule has 134 valence electrons. The summed E-state index contributed by atoms with van der Waals surface area (Å²) in [4.78, 5) is 12.3. The van der Waals surface area contributed by atoms with Crippen molar-refractivity contribution in [3.63, 3.8) is 0 Å². The van der Waals surface area contributed by atoms with Crippen molar-refractivity contribution in [2.75, 3.05) is 23.7 Å². The summed E-state index contributed by atoms with van der Waals surface area (Å²) in [6, 6.07) is 13.0. The molecular weight excluding hydrogens is 336 g/mol. The topological polar surface area (TPSA) is 66.5 Å². The maximum atomic E-state index is 12.3. The summed E-state index contributed by atoms with van der Waals surface area (Å²) in [5.41, 5.74) is 4.08. The van der Waals surface area contributed by atoms with E-state index in [0.717, 1.165) is 16.7 Å². The second kappa shape index (κ2) is 7.70. The number of nitrogens with zero attached hydrogens (tertiary/aromatic N) is 1. The third-order valence-electron chi connectivity index (χ3n) is 3.88. The number of nitrogens with one attached hydrogen (secondary N) is 1. The average molecular weight is 360 g/mol. The predicted molar refractivity (Wildman–Crippen MR) is 102 cm³/mol. The van der Waals surface area contributed by atoms with Gasteiger partial charge >= 0.3 is 0 Å². The molecule has 0 saturated carbocycles. The van der Waals surface area contributed by atoms with Crippen LogP contribution in [-0.2, 0) is 10.0 Å². The molecule has 0 saturated heterocycles. The maximum absolute atomic E-state index is 12.3. The summed E-state index contributed by atoms with van der Waals surface area (Å²) in [7, 11) is -3.44. The van der Waals surface area contributed by atoms with Gasteiger partial charge in [-0.15, -0.1) is 0 Å². The minimum atomic E-state index is -3.44. The van der Waals surface area contributed by atoms with Crippen molar-refractivity contribution in [2.45, 2.75) is 20.8 Å². The molecule has 0 radical (unpaired) electrons. The number of amides is 1. The van der Waals surface area contributed by atoms with Crippen molar-refractivity contribution in [3.8, 4) is 0 Å². The molecule has 0 spiro atoms. The number of carbonyl (C=O) groups is 1. The third kappa shape index (κ3) is 5.06. The van der Waals surface area contributed by atoms with Gasteiger partial charge in [0.05, 0.1) is 18.5 Å². The zero-order valence-electron chi connectivity index (χ0n) is 15.0. The molecule has 0 atom stereocenters.